The fraction of sp³-hybridized carbons (Fsp3) is 0.500. The highest BCUT2D eigenvalue weighted by Crippen LogP contribution is 2.15. The van der Waals surface area contributed by atoms with E-state index in [4.69, 9.17) is 16.3 Å². The molecule has 0 aromatic carbocycles. The second-order valence-electron chi connectivity index (χ2n) is 3.82. The zero-order chi connectivity index (χ0) is 14.0. The van der Waals surface area contributed by atoms with E-state index in [1.54, 1.807) is 11.6 Å². The van der Waals surface area contributed by atoms with Crippen molar-refractivity contribution in [3.8, 4) is 0 Å². The molecule has 0 saturated carbocycles. The molecule has 0 aliphatic rings. The summed E-state index contributed by atoms with van der Waals surface area (Å²) in [5.74, 6) is 0.418. The normalized spacial score (nSPS) is 11.3. The smallest absolute Gasteiger partial charge is 0.329 e. The topological polar surface area (TPSA) is 81.9 Å². The molecule has 0 radical (unpaired) electrons. The van der Waals surface area contributed by atoms with Crippen molar-refractivity contribution in [2.45, 2.75) is 6.54 Å². The number of aromatic amines is 1. The van der Waals surface area contributed by atoms with Gasteiger partial charge in [-0.25, -0.2) is 9.78 Å². The van der Waals surface area contributed by atoms with E-state index in [9.17, 15) is 9.59 Å². The maximum Gasteiger partial charge on any atom is 0.329 e. The van der Waals surface area contributed by atoms with Crippen LogP contribution < -0.4 is 11.2 Å². The molecule has 2 aromatic heterocycles. The molecule has 0 atom stereocenters. The standard InChI is InChI=1S/C10H12BrClN4O3/c1-15-7-6(8(17)14-10(15)18)16(9(11)13-7)3-5-19-4-2-12/h2-5H2,1H3,(H,14,17,18). The first-order valence-electron chi connectivity index (χ1n) is 5.55. The van der Waals surface area contributed by atoms with Crippen molar-refractivity contribution in [2.24, 2.45) is 7.05 Å². The Bertz CT molecular complexity index is 705. The van der Waals surface area contributed by atoms with Crippen molar-refractivity contribution in [1.29, 1.82) is 0 Å². The fourth-order valence-electron chi connectivity index (χ4n) is 1.72. The Morgan fingerprint density at radius 3 is 2.84 bits per heavy atom. The Balaban J connectivity index is 2.44. The van der Waals surface area contributed by atoms with Crippen LogP contribution in [0.1, 0.15) is 0 Å². The van der Waals surface area contributed by atoms with Gasteiger partial charge < -0.3 is 9.30 Å². The van der Waals surface area contributed by atoms with Gasteiger partial charge in [-0.2, -0.15) is 0 Å². The fourth-order valence-corrected chi connectivity index (χ4v) is 2.36. The third-order valence-corrected chi connectivity index (χ3v) is 3.40. The lowest BCUT2D eigenvalue weighted by Crippen LogP contribution is -2.29. The molecule has 0 unspecified atom stereocenters. The van der Waals surface area contributed by atoms with Gasteiger partial charge in [-0.3, -0.25) is 14.3 Å². The molecule has 1 N–H and O–H groups in total. The van der Waals surface area contributed by atoms with Crippen molar-refractivity contribution in [3.05, 3.63) is 25.6 Å². The minimum atomic E-state index is -0.493. The molecular weight excluding hydrogens is 339 g/mol. The van der Waals surface area contributed by atoms with Crippen LogP contribution >= 0.6 is 27.5 Å². The van der Waals surface area contributed by atoms with Crippen LogP contribution in [0.3, 0.4) is 0 Å². The number of ether oxygens (including phenoxy) is 1. The molecule has 2 aromatic rings. The molecule has 2 rings (SSSR count). The van der Waals surface area contributed by atoms with Crippen LogP contribution in [0.2, 0.25) is 0 Å². The molecule has 9 heteroatoms. The molecular formula is C10H12BrClN4O3. The minimum Gasteiger partial charge on any atom is -0.378 e. The molecule has 0 saturated heterocycles. The molecule has 0 spiro atoms. The number of halogens is 2. The third kappa shape index (κ3) is 2.75. The van der Waals surface area contributed by atoms with E-state index in [1.807, 2.05) is 0 Å². The number of rotatable bonds is 5. The lowest BCUT2D eigenvalue weighted by atomic mass is 10.5. The maximum absolute atomic E-state index is 11.9. The zero-order valence-corrected chi connectivity index (χ0v) is 12.5. The number of H-pyrrole nitrogens is 1. The first-order valence-corrected chi connectivity index (χ1v) is 6.87. The van der Waals surface area contributed by atoms with Crippen LogP contribution in [-0.4, -0.2) is 38.2 Å². The van der Waals surface area contributed by atoms with E-state index in [2.05, 4.69) is 25.9 Å². The zero-order valence-electron chi connectivity index (χ0n) is 10.2. The SMILES string of the molecule is Cn1c(=O)[nH]c(=O)c2c1nc(Br)n2CCOCCCl. The Kier molecular flexibility index (Phi) is 4.43. The van der Waals surface area contributed by atoms with Crippen molar-refractivity contribution in [1.82, 2.24) is 19.1 Å². The summed E-state index contributed by atoms with van der Waals surface area (Å²) in [6.45, 7) is 1.29. The second-order valence-corrected chi connectivity index (χ2v) is 4.91. The van der Waals surface area contributed by atoms with Gasteiger partial charge in [0.1, 0.15) is 0 Å². The summed E-state index contributed by atoms with van der Waals surface area (Å²) in [4.78, 5) is 29.8. The van der Waals surface area contributed by atoms with E-state index in [1.165, 1.54) is 4.57 Å². The quantitative estimate of drug-likeness (QED) is 0.481. The number of nitrogens with one attached hydrogen (secondary N) is 1. The van der Waals surface area contributed by atoms with Gasteiger partial charge >= 0.3 is 5.69 Å². The predicted octanol–water partition coefficient (Wildman–Crippen LogP) is 0.441. The third-order valence-electron chi connectivity index (χ3n) is 2.64. The van der Waals surface area contributed by atoms with Gasteiger partial charge in [0.2, 0.25) is 0 Å². The number of imidazole rings is 1. The summed E-state index contributed by atoms with van der Waals surface area (Å²) in [5, 5.41) is 0. The average molecular weight is 352 g/mol. The highest BCUT2D eigenvalue weighted by Gasteiger charge is 2.15. The van der Waals surface area contributed by atoms with Gasteiger partial charge in [0.25, 0.3) is 5.56 Å². The first kappa shape index (κ1) is 14.3. The summed E-state index contributed by atoms with van der Waals surface area (Å²) >= 11 is 8.78. The number of hydrogen-bond acceptors (Lipinski definition) is 4. The van der Waals surface area contributed by atoms with Crippen LogP contribution in [0, 0.1) is 0 Å². The maximum atomic E-state index is 11.9. The average Bonchev–Trinajstić information content (AvgIpc) is 2.70. The van der Waals surface area contributed by atoms with E-state index in [0.717, 1.165) is 0 Å². The molecule has 0 aliphatic carbocycles. The highest BCUT2D eigenvalue weighted by atomic mass is 79.9. The van der Waals surface area contributed by atoms with Crippen molar-refractivity contribution in [3.63, 3.8) is 0 Å². The number of aromatic nitrogens is 4. The van der Waals surface area contributed by atoms with Gasteiger partial charge in [0.15, 0.2) is 15.9 Å². The van der Waals surface area contributed by atoms with Gasteiger partial charge in [-0.1, -0.05) is 0 Å². The number of aryl methyl sites for hydroxylation is 1. The highest BCUT2D eigenvalue weighted by molar-refractivity contribution is 9.10. The van der Waals surface area contributed by atoms with Crippen LogP contribution in [0.5, 0.6) is 0 Å². The summed E-state index contributed by atoms with van der Waals surface area (Å²) in [7, 11) is 1.55. The van der Waals surface area contributed by atoms with Crippen LogP contribution in [0.4, 0.5) is 0 Å². The summed E-state index contributed by atoms with van der Waals surface area (Å²) in [5.41, 5.74) is -0.289. The van der Waals surface area contributed by atoms with Gasteiger partial charge in [-0.15, -0.1) is 11.6 Å². The van der Waals surface area contributed by atoms with E-state index in [-0.39, 0.29) is 0 Å². The number of fused-ring (bicyclic) bond motifs is 1. The largest absolute Gasteiger partial charge is 0.378 e. The van der Waals surface area contributed by atoms with E-state index in [0.29, 0.717) is 41.5 Å². The summed E-state index contributed by atoms with van der Waals surface area (Å²) in [6.07, 6.45) is 0. The number of alkyl halides is 1. The lowest BCUT2D eigenvalue weighted by molar-refractivity contribution is 0.141. The molecule has 0 bridgehead atoms. The van der Waals surface area contributed by atoms with Crippen molar-refractivity contribution in [2.75, 3.05) is 19.1 Å². The van der Waals surface area contributed by atoms with Crippen LogP contribution in [0.25, 0.3) is 11.2 Å². The molecule has 2 heterocycles. The molecule has 7 nitrogen and oxygen atoms in total. The first-order chi connectivity index (χ1) is 9.06. The van der Waals surface area contributed by atoms with Crippen molar-refractivity contribution < 1.29 is 4.74 Å². The Morgan fingerprint density at radius 2 is 2.16 bits per heavy atom. The molecule has 19 heavy (non-hydrogen) atoms. The lowest BCUT2D eigenvalue weighted by Gasteiger charge is -2.06. The monoisotopic (exact) mass is 350 g/mol. The van der Waals surface area contributed by atoms with E-state index < -0.39 is 11.2 Å². The van der Waals surface area contributed by atoms with Gasteiger partial charge in [0.05, 0.1) is 13.2 Å². The van der Waals surface area contributed by atoms with Crippen LogP contribution in [-0.2, 0) is 18.3 Å². The second kappa shape index (κ2) is 5.89. The van der Waals surface area contributed by atoms with Crippen LogP contribution in [0.15, 0.2) is 14.3 Å². The molecule has 0 aliphatic heterocycles. The summed E-state index contributed by atoms with van der Waals surface area (Å²) < 4.78 is 8.69. The van der Waals surface area contributed by atoms with Gasteiger partial charge in [0, 0.05) is 19.5 Å². The van der Waals surface area contributed by atoms with E-state index >= 15 is 0 Å². The Morgan fingerprint density at radius 1 is 1.42 bits per heavy atom. The molecule has 104 valence electrons. The Hall–Kier alpha value is -1.12. The summed E-state index contributed by atoms with van der Waals surface area (Å²) in [6, 6.07) is 0. The predicted molar refractivity (Wildman–Crippen MR) is 74.8 cm³/mol. The number of nitrogens with zero attached hydrogens (tertiary/aromatic N) is 3. The minimum absolute atomic E-state index is 0.331. The van der Waals surface area contributed by atoms with Crippen molar-refractivity contribution >= 4 is 38.7 Å². The molecule has 0 amide bonds. The molecule has 0 fully saturated rings. The number of hydrogen-bond donors (Lipinski definition) is 1. The Labute approximate surface area is 121 Å². The van der Waals surface area contributed by atoms with Gasteiger partial charge in [-0.05, 0) is 15.9 Å².